The van der Waals surface area contributed by atoms with Crippen LogP contribution in [0.1, 0.15) is 22.9 Å². The van der Waals surface area contributed by atoms with E-state index in [9.17, 15) is 4.57 Å². The predicted octanol–water partition coefficient (Wildman–Crippen LogP) is 1.88. The standard InChI is InChI=1S/C7H15Cl2N2O2P/c8-2-5-11(6-3-9)14(12)10-4-1-7-13-14/h1-7H2,(H,10,12)/i2D2,3D2,4D2,5D2,6D2,7D2/hD. The number of nitrogens with one attached hydrogen (secondary N) is 1. The van der Waals surface area contributed by atoms with Gasteiger partial charge in [-0.25, -0.2) is 9.75 Å². The molecule has 0 aliphatic carbocycles. The van der Waals surface area contributed by atoms with Crippen LogP contribution < -0.4 is 5.08 Å². The molecular weight excluding hydrogens is 246 g/mol. The Morgan fingerprint density at radius 2 is 2.29 bits per heavy atom. The van der Waals surface area contributed by atoms with E-state index in [0.29, 0.717) is 0 Å². The molecule has 1 N–H and O–H groups in total. The van der Waals surface area contributed by atoms with Crippen molar-refractivity contribution in [3.63, 3.8) is 0 Å². The van der Waals surface area contributed by atoms with Crippen molar-refractivity contribution < 1.29 is 26.9 Å². The van der Waals surface area contributed by atoms with E-state index in [-0.39, 0.29) is 0 Å². The molecule has 1 rings (SSSR count). The molecule has 1 aliphatic rings. The highest BCUT2D eigenvalue weighted by Gasteiger charge is 2.32. The van der Waals surface area contributed by atoms with E-state index in [2.05, 4.69) is 4.52 Å². The second kappa shape index (κ2) is 6.31. The Bertz CT molecular complexity index is 609. The van der Waals surface area contributed by atoms with Gasteiger partial charge in [-0.3, -0.25) is 4.57 Å². The number of hydrogen-bond donors (Lipinski definition) is 1. The fraction of sp³-hybridized carbons (Fsp3) is 1.00. The molecule has 0 spiro atoms. The molecule has 0 radical (unpaired) electrons. The number of alkyl halides is 2. The number of hydrogen-bond acceptors (Lipinski definition) is 2. The first kappa shape index (κ1) is 3.59. The lowest BCUT2D eigenvalue weighted by molar-refractivity contribution is 0.233. The van der Waals surface area contributed by atoms with Crippen LogP contribution in [0.25, 0.3) is 0 Å². The van der Waals surface area contributed by atoms with Crippen molar-refractivity contribution in [3.05, 3.63) is 0 Å². The van der Waals surface area contributed by atoms with E-state index in [1.165, 1.54) is 0 Å². The summed E-state index contributed by atoms with van der Waals surface area (Å²) in [6.07, 6.45) is -1.19. The normalized spacial score (nSPS) is 54.6. The molecule has 7 heteroatoms. The van der Waals surface area contributed by atoms with Gasteiger partial charge in [-0.2, -0.15) is 0 Å². The zero-order valence-corrected chi connectivity index (χ0v) is 9.03. The summed E-state index contributed by atoms with van der Waals surface area (Å²) in [7, 11) is -5.81. The summed E-state index contributed by atoms with van der Waals surface area (Å²) in [6, 6.07) is 0. The van der Waals surface area contributed by atoms with Gasteiger partial charge < -0.3 is 4.52 Å². The Hall–Kier alpha value is 0.690. The van der Waals surface area contributed by atoms with Crippen molar-refractivity contribution in [2.75, 3.05) is 37.7 Å². The maximum Gasteiger partial charge on any atom is 0.343 e. The summed E-state index contributed by atoms with van der Waals surface area (Å²) in [5.74, 6) is -7.16. The monoisotopic (exact) mass is 273 g/mol. The Morgan fingerprint density at radius 3 is 2.86 bits per heavy atom. The van der Waals surface area contributed by atoms with Crippen LogP contribution in [0.3, 0.4) is 0 Å². The molecule has 1 atom stereocenters. The van der Waals surface area contributed by atoms with Crippen LogP contribution in [-0.4, -0.2) is 42.4 Å². The lowest BCUT2D eigenvalue weighted by atomic mass is 10.5. The Labute approximate surface area is 113 Å². The van der Waals surface area contributed by atoms with E-state index < -0.39 is 61.6 Å². The second-order valence-corrected chi connectivity index (χ2v) is 4.03. The summed E-state index contributed by atoms with van der Waals surface area (Å²) in [4.78, 5) is 0. The molecule has 1 aliphatic heterocycles. The van der Waals surface area contributed by atoms with Crippen molar-refractivity contribution in [3.8, 4) is 0 Å². The van der Waals surface area contributed by atoms with Gasteiger partial charge in [-0.1, -0.05) is 0 Å². The Balaban J connectivity index is 3.87. The summed E-state index contributed by atoms with van der Waals surface area (Å²) >= 11 is 10.6. The highest BCUT2D eigenvalue weighted by atomic mass is 35.5. The molecular formula is C7H15Cl2N2O2P. The van der Waals surface area contributed by atoms with Gasteiger partial charge in [0.25, 0.3) is 0 Å². The topological polar surface area (TPSA) is 41.6 Å². The van der Waals surface area contributed by atoms with Crippen LogP contribution in [0.4, 0.5) is 0 Å². The predicted molar refractivity (Wildman–Crippen MR) is 59.2 cm³/mol. The summed E-state index contributed by atoms with van der Waals surface area (Å²) in [5.41, 5.74) is 0. The quantitative estimate of drug-likeness (QED) is 0.614. The summed E-state index contributed by atoms with van der Waals surface area (Å²) in [6.45, 7) is -14.0. The first-order valence-electron chi connectivity index (χ1n) is 9.67. The Morgan fingerprint density at radius 1 is 1.64 bits per heavy atom. The lowest BCUT2D eigenvalue weighted by Gasteiger charge is -2.33. The highest BCUT2D eigenvalue weighted by Crippen LogP contribution is 2.47. The van der Waals surface area contributed by atoms with Gasteiger partial charge in [-0.15, -0.1) is 23.2 Å². The molecule has 14 heavy (non-hydrogen) atoms. The molecule has 4 nitrogen and oxygen atoms in total. The molecule has 1 heterocycles. The molecule has 0 saturated carbocycles. The van der Waals surface area contributed by atoms with Gasteiger partial charge in [0.15, 0.2) is 0 Å². The van der Waals surface area contributed by atoms with Crippen molar-refractivity contribution >= 4 is 30.9 Å². The number of nitrogens with zero attached hydrogens (tertiary/aromatic N) is 1. The maximum atomic E-state index is 13.3. The third-order valence-electron chi connectivity index (χ3n) is 1.08. The summed E-state index contributed by atoms with van der Waals surface area (Å²) < 4.78 is 116. The van der Waals surface area contributed by atoms with Gasteiger partial charge in [-0.05, 0) is 6.42 Å². The third-order valence-corrected chi connectivity index (χ3v) is 2.72. The van der Waals surface area contributed by atoms with Gasteiger partial charge in [0.2, 0.25) is 0 Å². The van der Waals surface area contributed by atoms with E-state index in [4.69, 9.17) is 41.1 Å². The number of rotatable bonds is 5. The van der Waals surface area contributed by atoms with Gasteiger partial charge in [0.1, 0.15) is 1.41 Å². The highest BCUT2D eigenvalue weighted by molar-refractivity contribution is 7.54. The average molecular weight is 274 g/mol. The zero-order chi connectivity index (χ0) is 22.1. The van der Waals surface area contributed by atoms with Crippen molar-refractivity contribution in [1.82, 2.24) is 9.75 Å². The average Bonchev–Trinajstić information content (AvgIpc) is 2.30. The van der Waals surface area contributed by atoms with E-state index >= 15 is 0 Å². The molecule has 1 fully saturated rings. The van der Waals surface area contributed by atoms with Crippen LogP contribution in [0, 0.1) is 0 Å². The van der Waals surface area contributed by atoms with Gasteiger partial charge >= 0.3 is 7.67 Å². The molecule has 0 aromatic heterocycles. The number of halogens is 2. The van der Waals surface area contributed by atoms with Crippen LogP contribution in [0.5, 0.6) is 0 Å². The molecule has 0 aromatic carbocycles. The van der Waals surface area contributed by atoms with Crippen molar-refractivity contribution in [2.24, 2.45) is 0 Å². The SMILES string of the molecule is [2H]N1C([2H])([2H])CC([2H])([2H])OP1(=O)N(C([2H])([2H])C([2H])([2H])Cl)C([2H])([2H])C([2H])([2H])Cl. The second-order valence-electron chi connectivity index (χ2n) is 1.89. The molecule has 0 aromatic rings. The zero-order valence-electron chi connectivity index (χ0n) is 19.6. The van der Waals surface area contributed by atoms with Gasteiger partial charge in [0, 0.05) is 44.9 Å². The van der Waals surface area contributed by atoms with Crippen molar-refractivity contribution in [1.29, 1.82) is 0 Å². The molecule has 84 valence electrons. The van der Waals surface area contributed by atoms with Crippen LogP contribution in [0.15, 0.2) is 0 Å². The minimum atomic E-state index is -5.81. The van der Waals surface area contributed by atoms with Crippen molar-refractivity contribution in [2.45, 2.75) is 6.42 Å². The molecule has 1 unspecified atom stereocenters. The largest absolute Gasteiger partial charge is 0.343 e. The molecule has 0 amide bonds. The minimum Gasteiger partial charge on any atom is -0.306 e. The first-order chi connectivity index (χ1) is 11.4. The lowest BCUT2D eigenvalue weighted by Crippen LogP contribution is -2.35. The summed E-state index contributed by atoms with van der Waals surface area (Å²) in [5, 5.41) is -0.567. The smallest absolute Gasteiger partial charge is 0.306 e. The van der Waals surface area contributed by atoms with Crippen LogP contribution >= 0.6 is 30.9 Å². The third kappa shape index (κ3) is 3.37. The Kier molecular flexibility index (Phi) is 1.62. The fourth-order valence-corrected chi connectivity index (χ4v) is 1.95. The van der Waals surface area contributed by atoms with E-state index in [1.54, 1.807) is 0 Å². The minimum absolute atomic E-state index is 0.567. The molecule has 1 saturated heterocycles. The molecule has 0 bridgehead atoms. The van der Waals surface area contributed by atoms with E-state index in [1.807, 2.05) is 0 Å². The maximum absolute atomic E-state index is 13.3. The van der Waals surface area contributed by atoms with Crippen LogP contribution in [0.2, 0.25) is 1.41 Å². The first-order valence-corrected chi connectivity index (χ1v) is 5.51. The van der Waals surface area contributed by atoms with E-state index in [0.717, 1.165) is 0 Å². The van der Waals surface area contributed by atoms with Crippen LogP contribution in [-0.2, 0) is 9.09 Å². The fourth-order valence-electron chi connectivity index (χ4n) is 0.614. The van der Waals surface area contributed by atoms with Gasteiger partial charge in [0.05, 0.1) is 9.30 Å².